The fourth-order valence-corrected chi connectivity index (χ4v) is 4.62. The third-order valence-electron chi connectivity index (χ3n) is 6.73. The van der Waals surface area contributed by atoms with Crippen LogP contribution in [0, 0.1) is 11.8 Å². The van der Waals surface area contributed by atoms with Crippen LogP contribution < -0.4 is 10.6 Å². The molecule has 32 heavy (non-hydrogen) atoms. The zero-order valence-corrected chi connectivity index (χ0v) is 20.2. The fraction of sp³-hybridized carbons (Fsp3) is 0.692. The van der Waals surface area contributed by atoms with Crippen molar-refractivity contribution in [1.29, 1.82) is 0 Å². The lowest BCUT2D eigenvalue weighted by Crippen LogP contribution is -2.38. The maximum atomic E-state index is 12.4. The molecule has 1 aromatic carbocycles. The summed E-state index contributed by atoms with van der Waals surface area (Å²) in [6.45, 7) is 12.3. The minimum absolute atomic E-state index is 0.270. The molecule has 0 saturated carbocycles. The van der Waals surface area contributed by atoms with Crippen molar-refractivity contribution in [2.45, 2.75) is 52.4 Å². The second kappa shape index (κ2) is 13.5. The number of guanidine groups is 1. The van der Waals surface area contributed by atoms with Crippen LogP contribution in [0.25, 0.3) is 0 Å². The van der Waals surface area contributed by atoms with Crippen molar-refractivity contribution in [1.82, 2.24) is 20.4 Å². The molecule has 0 aliphatic carbocycles. The first-order valence-corrected chi connectivity index (χ1v) is 12.7. The standard InChI is InChI=1S/C26H43N5O/c1-3-27-26(28-14-7-8-15-30-16-11-22(2)12-17-30)29-20-24-19-25(32)31(21-24)18-13-23-9-5-4-6-10-23/h4-6,9-10,22,24H,3,7-8,11-21H2,1-2H3,(H2,27,28,29). The largest absolute Gasteiger partial charge is 0.357 e. The van der Waals surface area contributed by atoms with Gasteiger partial charge in [0.2, 0.25) is 5.91 Å². The predicted octanol–water partition coefficient (Wildman–Crippen LogP) is 3.14. The number of rotatable bonds is 11. The Balaban J connectivity index is 1.33. The van der Waals surface area contributed by atoms with Crippen LogP contribution in [0.3, 0.4) is 0 Å². The van der Waals surface area contributed by atoms with E-state index in [2.05, 4.69) is 53.6 Å². The van der Waals surface area contributed by atoms with Crippen molar-refractivity contribution in [3.8, 4) is 0 Å². The summed E-state index contributed by atoms with van der Waals surface area (Å²) in [5.74, 6) is 2.37. The van der Waals surface area contributed by atoms with Gasteiger partial charge < -0.3 is 20.4 Å². The smallest absolute Gasteiger partial charge is 0.223 e. The van der Waals surface area contributed by atoms with E-state index in [1.165, 1.54) is 44.5 Å². The molecule has 6 heteroatoms. The molecule has 0 spiro atoms. The summed E-state index contributed by atoms with van der Waals surface area (Å²) in [6, 6.07) is 10.4. The number of carbonyl (C=O) groups excluding carboxylic acids is 1. The molecule has 2 N–H and O–H groups in total. The van der Waals surface area contributed by atoms with Gasteiger partial charge in [0, 0.05) is 45.1 Å². The maximum Gasteiger partial charge on any atom is 0.223 e. The Morgan fingerprint density at radius 3 is 2.62 bits per heavy atom. The van der Waals surface area contributed by atoms with Crippen LogP contribution in [-0.2, 0) is 11.2 Å². The highest BCUT2D eigenvalue weighted by Crippen LogP contribution is 2.19. The van der Waals surface area contributed by atoms with Crippen LogP contribution in [0.2, 0.25) is 0 Å². The second-order valence-corrected chi connectivity index (χ2v) is 9.52. The van der Waals surface area contributed by atoms with E-state index in [9.17, 15) is 4.79 Å². The van der Waals surface area contributed by atoms with E-state index < -0.39 is 0 Å². The molecule has 1 unspecified atom stereocenters. The van der Waals surface area contributed by atoms with E-state index in [0.29, 0.717) is 18.9 Å². The summed E-state index contributed by atoms with van der Waals surface area (Å²) >= 11 is 0. The first-order chi connectivity index (χ1) is 15.6. The summed E-state index contributed by atoms with van der Waals surface area (Å²) in [5.41, 5.74) is 1.29. The highest BCUT2D eigenvalue weighted by Gasteiger charge is 2.29. The molecule has 6 nitrogen and oxygen atoms in total. The van der Waals surface area contributed by atoms with E-state index >= 15 is 0 Å². The molecule has 178 valence electrons. The molecule has 1 amide bonds. The van der Waals surface area contributed by atoms with Crippen molar-refractivity contribution in [2.24, 2.45) is 16.8 Å². The number of nitrogens with one attached hydrogen (secondary N) is 2. The number of unbranched alkanes of at least 4 members (excludes halogenated alkanes) is 1. The molecule has 2 saturated heterocycles. The number of carbonyl (C=O) groups is 1. The lowest BCUT2D eigenvalue weighted by Gasteiger charge is -2.30. The number of benzene rings is 1. The summed E-state index contributed by atoms with van der Waals surface area (Å²) in [4.78, 5) is 21.8. The number of likely N-dealkylation sites (tertiary alicyclic amines) is 2. The minimum Gasteiger partial charge on any atom is -0.357 e. The lowest BCUT2D eigenvalue weighted by atomic mass is 9.99. The van der Waals surface area contributed by atoms with Crippen LogP contribution in [0.1, 0.15) is 51.5 Å². The van der Waals surface area contributed by atoms with Gasteiger partial charge in [-0.1, -0.05) is 37.3 Å². The van der Waals surface area contributed by atoms with Crippen molar-refractivity contribution in [2.75, 3.05) is 52.4 Å². The number of nitrogens with zero attached hydrogens (tertiary/aromatic N) is 3. The summed E-state index contributed by atoms with van der Waals surface area (Å²) in [5, 5.41) is 6.83. The molecule has 2 aliphatic rings. The van der Waals surface area contributed by atoms with Gasteiger partial charge in [-0.3, -0.25) is 9.79 Å². The van der Waals surface area contributed by atoms with Crippen molar-refractivity contribution >= 4 is 11.9 Å². The van der Waals surface area contributed by atoms with Crippen LogP contribution in [0.15, 0.2) is 35.3 Å². The second-order valence-electron chi connectivity index (χ2n) is 9.52. The Bertz CT molecular complexity index is 699. The molecule has 3 rings (SSSR count). The number of hydrogen-bond acceptors (Lipinski definition) is 3. The molecular weight excluding hydrogens is 398 g/mol. The quantitative estimate of drug-likeness (QED) is 0.315. The van der Waals surface area contributed by atoms with Gasteiger partial charge in [0.15, 0.2) is 5.96 Å². The van der Waals surface area contributed by atoms with Gasteiger partial charge in [-0.25, -0.2) is 0 Å². The molecule has 0 bridgehead atoms. The SMILES string of the molecule is CCNC(=NCC1CC(=O)N(CCc2ccccc2)C1)NCCCCN1CCC(C)CC1. The van der Waals surface area contributed by atoms with Gasteiger partial charge in [-0.2, -0.15) is 0 Å². The number of amides is 1. The average Bonchev–Trinajstić information content (AvgIpc) is 3.17. The Hall–Kier alpha value is -2.08. The van der Waals surface area contributed by atoms with Gasteiger partial charge in [0.05, 0.1) is 0 Å². The molecule has 1 atom stereocenters. The maximum absolute atomic E-state index is 12.4. The third kappa shape index (κ3) is 8.45. The van der Waals surface area contributed by atoms with Crippen molar-refractivity contribution in [3.63, 3.8) is 0 Å². The van der Waals surface area contributed by atoms with E-state index in [0.717, 1.165) is 50.9 Å². The molecular formula is C26H43N5O. The molecule has 2 heterocycles. The molecule has 1 aromatic rings. The van der Waals surface area contributed by atoms with Gasteiger partial charge in [-0.15, -0.1) is 0 Å². The zero-order valence-electron chi connectivity index (χ0n) is 20.2. The van der Waals surface area contributed by atoms with Gasteiger partial charge in [0.1, 0.15) is 0 Å². The minimum atomic E-state index is 0.270. The van der Waals surface area contributed by atoms with E-state index in [4.69, 9.17) is 4.99 Å². The van der Waals surface area contributed by atoms with Crippen LogP contribution >= 0.6 is 0 Å². The first kappa shape index (κ1) is 24.6. The molecule has 0 aromatic heterocycles. The molecule has 2 fully saturated rings. The van der Waals surface area contributed by atoms with Crippen molar-refractivity contribution in [3.05, 3.63) is 35.9 Å². The molecule has 0 radical (unpaired) electrons. The van der Waals surface area contributed by atoms with Gasteiger partial charge in [0.25, 0.3) is 0 Å². The van der Waals surface area contributed by atoms with E-state index in [1.807, 2.05) is 11.0 Å². The highest BCUT2D eigenvalue weighted by atomic mass is 16.2. The fourth-order valence-electron chi connectivity index (χ4n) is 4.62. The molecule has 2 aliphatic heterocycles. The summed E-state index contributed by atoms with van der Waals surface area (Å²) < 4.78 is 0. The monoisotopic (exact) mass is 441 g/mol. The highest BCUT2D eigenvalue weighted by molar-refractivity contribution is 5.80. The average molecular weight is 442 g/mol. The summed E-state index contributed by atoms with van der Waals surface area (Å²) in [7, 11) is 0. The Kier molecular flexibility index (Phi) is 10.3. The number of piperidine rings is 1. The van der Waals surface area contributed by atoms with Gasteiger partial charge >= 0.3 is 0 Å². The Morgan fingerprint density at radius 2 is 1.88 bits per heavy atom. The normalized spacial score (nSPS) is 20.7. The van der Waals surface area contributed by atoms with Gasteiger partial charge in [-0.05, 0) is 70.1 Å². The van der Waals surface area contributed by atoms with Crippen LogP contribution in [0.5, 0.6) is 0 Å². The van der Waals surface area contributed by atoms with Crippen molar-refractivity contribution < 1.29 is 4.79 Å². The van der Waals surface area contributed by atoms with E-state index in [1.54, 1.807) is 0 Å². The Morgan fingerprint density at radius 1 is 1.09 bits per heavy atom. The number of hydrogen-bond donors (Lipinski definition) is 2. The predicted molar refractivity (Wildman–Crippen MR) is 133 cm³/mol. The Labute approximate surface area is 194 Å². The number of aliphatic imine (C=N–C) groups is 1. The summed E-state index contributed by atoms with van der Waals surface area (Å²) in [6.07, 6.45) is 6.63. The van der Waals surface area contributed by atoms with Crippen LogP contribution in [-0.4, -0.2) is 74.0 Å². The zero-order chi connectivity index (χ0) is 22.6. The first-order valence-electron chi connectivity index (χ1n) is 12.7. The van der Waals surface area contributed by atoms with Crippen LogP contribution in [0.4, 0.5) is 0 Å². The topological polar surface area (TPSA) is 60.0 Å². The third-order valence-corrected chi connectivity index (χ3v) is 6.73. The lowest BCUT2D eigenvalue weighted by molar-refractivity contribution is -0.127. The van der Waals surface area contributed by atoms with E-state index in [-0.39, 0.29) is 5.91 Å².